The van der Waals surface area contributed by atoms with Crippen molar-refractivity contribution in [3.8, 4) is 0 Å². The highest BCUT2D eigenvalue weighted by Gasteiger charge is 2.25. The number of hydrogen-bond donors (Lipinski definition) is 0. The van der Waals surface area contributed by atoms with Crippen LogP contribution in [0.2, 0.25) is 5.02 Å². The lowest BCUT2D eigenvalue weighted by Crippen LogP contribution is -2.41. The summed E-state index contributed by atoms with van der Waals surface area (Å²) in [6, 6.07) is 4.31. The molecule has 2 heterocycles. The fraction of sp³-hybridized carbons (Fsp3) is 0.500. The van der Waals surface area contributed by atoms with Crippen LogP contribution in [0.3, 0.4) is 0 Å². The van der Waals surface area contributed by atoms with Crippen LogP contribution in [0.1, 0.15) is 44.1 Å². The van der Waals surface area contributed by atoms with Gasteiger partial charge in [-0.05, 0) is 30.5 Å². The molecule has 0 aliphatic heterocycles. The second kappa shape index (κ2) is 8.29. The van der Waals surface area contributed by atoms with Crippen LogP contribution < -0.4 is 0 Å². The Bertz CT molecular complexity index is 652. The maximum atomic E-state index is 12.9. The maximum Gasteiger partial charge on any atom is 0.224 e. The quantitative estimate of drug-likeness (QED) is 0.801. The molecular formula is C18H23ClN4O. The molecule has 0 aromatic carbocycles. The van der Waals surface area contributed by atoms with Gasteiger partial charge < -0.3 is 4.90 Å². The number of aromatic nitrogens is 3. The molecular weight excluding hydrogens is 324 g/mol. The number of hydrogen-bond acceptors (Lipinski definition) is 3. The van der Waals surface area contributed by atoms with Crippen molar-refractivity contribution >= 4 is 17.5 Å². The predicted octanol–water partition coefficient (Wildman–Crippen LogP) is 3.68. The molecule has 1 saturated carbocycles. The molecule has 0 saturated heterocycles. The normalized spacial score (nSPS) is 15.4. The molecule has 5 nitrogen and oxygen atoms in total. The Morgan fingerprint density at radius 2 is 2.00 bits per heavy atom. The van der Waals surface area contributed by atoms with Crippen molar-refractivity contribution in [2.75, 3.05) is 0 Å². The van der Waals surface area contributed by atoms with Gasteiger partial charge in [-0.1, -0.05) is 30.9 Å². The minimum atomic E-state index is 0.185. The van der Waals surface area contributed by atoms with Gasteiger partial charge in [0, 0.05) is 44.1 Å². The van der Waals surface area contributed by atoms with Crippen molar-refractivity contribution in [3.63, 3.8) is 0 Å². The van der Waals surface area contributed by atoms with Gasteiger partial charge in [0.1, 0.15) is 0 Å². The topological polar surface area (TPSA) is 51.0 Å². The summed E-state index contributed by atoms with van der Waals surface area (Å²) in [6.45, 7) is 1.22. The number of halogens is 1. The van der Waals surface area contributed by atoms with E-state index in [1.807, 2.05) is 12.1 Å². The molecule has 0 radical (unpaired) electrons. The minimum Gasteiger partial charge on any atom is -0.335 e. The number of rotatable bonds is 6. The summed E-state index contributed by atoms with van der Waals surface area (Å²) in [5.41, 5.74) is 1.13. The molecule has 128 valence electrons. The van der Waals surface area contributed by atoms with E-state index in [-0.39, 0.29) is 5.91 Å². The van der Waals surface area contributed by atoms with Crippen LogP contribution >= 0.6 is 11.6 Å². The van der Waals surface area contributed by atoms with E-state index in [4.69, 9.17) is 11.6 Å². The van der Waals surface area contributed by atoms with Crippen LogP contribution in [0.5, 0.6) is 0 Å². The third-order valence-electron chi connectivity index (χ3n) is 4.59. The molecule has 0 N–H and O–H groups in total. The summed E-state index contributed by atoms with van der Waals surface area (Å²) >= 11 is 5.88. The van der Waals surface area contributed by atoms with Crippen LogP contribution in [0.25, 0.3) is 0 Å². The zero-order chi connectivity index (χ0) is 16.8. The summed E-state index contributed by atoms with van der Waals surface area (Å²) < 4.78 is 1.73. The summed E-state index contributed by atoms with van der Waals surface area (Å²) in [7, 11) is 0. The zero-order valence-corrected chi connectivity index (χ0v) is 14.5. The molecule has 0 atom stereocenters. The van der Waals surface area contributed by atoms with Gasteiger partial charge in [0.05, 0.1) is 11.2 Å². The minimum absolute atomic E-state index is 0.185. The first-order valence-electron chi connectivity index (χ1n) is 8.59. The van der Waals surface area contributed by atoms with Crippen LogP contribution in [0, 0.1) is 0 Å². The third-order valence-corrected chi connectivity index (χ3v) is 4.79. The lowest BCUT2D eigenvalue weighted by Gasteiger charge is -2.34. The van der Waals surface area contributed by atoms with E-state index in [0.717, 1.165) is 18.4 Å². The fourth-order valence-electron chi connectivity index (χ4n) is 3.31. The predicted molar refractivity (Wildman–Crippen MR) is 93.5 cm³/mol. The van der Waals surface area contributed by atoms with Crippen molar-refractivity contribution in [1.82, 2.24) is 19.7 Å². The van der Waals surface area contributed by atoms with Gasteiger partial charge in [0.25, 0.3) is 0 Å². The Hall–Kier alpha value is -1.88. The monoisotopic (exact) mass is 346 g/mol. The average molecular weight is 347 g/mol. The van der Waals surface area contributed by atoms with E-state index < -0.39 is 0 Å². The highest BCUT2D eigenvalue weighted by atomic mass is 35.5. The molecule has 6 heteroatoms. The first-order valence-corrected chi connectivity index (χ1v) is 8.96. The van der Waals surface area contributed by atoms with Crippen molar-refractivity contribution < 1.29 is 4.79 Å². The first kappa shape index (κ1) is 17.0. The van der Waals surface area contributed by atoms with Crippen LogP contribution in [-0.4, -0.2) is 31.6 Å². The van der Waals surface area contributed by atoms with Gasteiger partial charge in [-0.2, -0.15) is 5.10 Å². The number of amides is 1. The van der Waals surface area contributed by atoms with E-state index >= 15 is 0 Å². The molecule has 0 unspecified atom stereocenters. The summed E-state index contributed by atoms with van der Waals surface area (Å²) in [4.78, 5) is 19.0. The number of carbonyl (C=O) groups is 1. The number of carbonyl (C=O) groups excluding carboxylic acids is 1. The van der Waals surface area contributed by atoms with Crippen LogP contribution in [0.4, 0.5) is 0 Å². The first-order chi connectivity index (χ1) is 11.7. The van der Waals surface area contributed by atoms with E-state index in [2.05, 4.69) is 15.0 Å². The lowest BCUT2D eigenvalue weighted by molar-refractivity contribution is -0.135. The number of pyridine rings is 1. The van der Waals surface area contributed by atoms with Gasteiger partial charge >= 0.3 is 0 Å². The second-order valence-corrected chi connectivity index (χ2v) is 6.78. The lowest BCUT2D eigenvalue weighted by atomic mass is 9.93. The molecule has 2 aromatic heterocycles. The summed E-state index contributed by atoms with van der Waals surface area (Å²) in [5, 5.41) is 4.75. The van der Waals surface area contributed by atoms with Crippen molar-refractivity contribution in [3.05, 3.63) is 47.5 Å². The van der Waals surface area contributed by atoms with Gasteiger partial charge in [-0.3, -0.25) is 14.5 Å². The zero-order valence-electron chi connectivity index (χ0n) is 13.8. The van der Waals surface area contributed by atoms with Gasteiger partial charge in [-0.15, -0.1) is 0 Å². The Morgan fingerprint density at radius 3 is 2.67 bits per heavy atom. The van der Waals surface area contributed by atoms with Crippen molar-refractivity contribution in [1.29, 1.82) is 0 Å². The SMILES string of the molecule is O=C(CCn1cc(Cl)cn1)N(Cc1ccncc1)C1CCCCC1. The number of nitrogens with zero attached hydrogens (tertiary/aromatic N) is 4. The largest absolute Gasteiger partial charge is 0.335 e. The fourth-order valence-corrected chi connectivity index (χ4v) is 3.47. The van der Waals surface area contributed by atoms with E-state index in [0.29, 0.717) is 30.6 Å². The molecule has 2 aromatic rings. The van der Waals surface area contributed by atoms with E-state index in [1.54, 1.807) is 29.5 Å². The van der Waals surface area contributed by atoms with Crippen LogP contribution in [-0.2, 0) is 17.9 Å². The molecule has 1 aliphatic rings. The number of aryl methyl sites for hydroxylation is 1. The summed E-state index contributed by atoms with van der Waals surface area (Å²) in [6.07, 6.45) is 13.3. The molecule has 1 aliphatic carbocycles. The summed E-state index contributed by atoms with van der Waals surface area (Å²) in [5.74, 6) is 0.185. The average Bonchev–Trinajstić information content (AvgIpc) is 3.04. The van der Waals surface area contributed by atoms with Gasteiger partial charge in [0.2, 0.25) is 5.91 Å². The van der Waals surface area contributed by atoms with Gasteiger partial charge in [0.15, 0.2) is 0 Å². The Labute approximate surface area is 147 Å². The third kappa shape index (κ3) is 4.57. The highest BCUT2D eigenvalue weighted by molar-refractivity contribution is 6.30. The van der Waals surface area contributed by atoms with Crippen molar-refractivity contribution in [2.24, 2.45) is 0 Å². The van der Waals surface area contributed by atoms with Crippen molar-refractivity contribution in [2.45, 2.75) is 57.7 Å². The molecule has 24 heavy (non-hydrogen) atoms. The van der Waals surface area contributed by atoms with Gasteiger partial charge in [-0.25, -0.2) is 0 Å². The molecule has 0 bridgehead atoms. The second-order valence-electron chi connectivity index (χ2n) is 6.34. The standard InChI is InChI=1S/C18H23ClN4O/c19-16-12-21-22(14-16)11-8-18(24)23(17-4-2-1-3-5-17)13-15-6-9-20-10-7-15/h6-7,9-10,12,14,17H,1-5,8,11,13H2. The molecule has 1 amide bonds. The smallest absolute Gasteiger partial charge is 0.224 e. The Morgan fingerprint density at radius 1 is 1.25 bits per heavy atom. The molecule has 0 spiro atoms. The van der Waals surface area contributed by atoms with Crippen LogP contribution in [0.15, 0.2) is 36.9 Å². The molecule has 1 fully saturated rings. The maximum absolute atomic E-state index is 12.9. The Kier molecular flexibility index (Phi) is 5.86. The van der Waals surface area contributed by atoms with E-state index in [9.17, 15) is 4.79 Å². The van der Waals surface area contributed by atoms with E-state index in [1.165, 1.54) is 19.3 Å². The Balaban J connectivity index is 1.66. The molecule has 3 rings (SSSR count). The highest BCUT2D eigenvalue weighted by Crippen LogP contribution is 2.25.